The number of nitro benzene ring substituents is 1. The summed E-state index contributed by atoms with van der Waals surface area (Å²) in [5.74, 6) is 0.999. The summed E-state index contributed by atoms with van der Waals surface area (Å²) in [5, 5.41) is 16.7. The number of hydrazone groups is 1. The predicted molar refractivity (Wildman–Crippen MR) is 112 cm³/mol. The van der Waals surface area contributed by atoms with Crippen LogP contribution in [-0.4, -0.2) is 23.7 Å². The first-order valence-electron chi connectivity index (χ1n) is 9.07. The summed E-state index contributed by atoms with van der Waals surface area (Å²) < 4.78 is 11.1. The number of carbonyl (C=O) groups is 1. The monoisotopic (exact) mass is 403 g/mol. The molecule has 8 heteroatoms. The first-order valence-corrected chi connectivity index (χ1v) is 9.07. The average Bonchev–Trinajstić information content (AvgIpc) is 3.34. The van der Waals surface area contributed by atoms with Crippen molar-refractivity contribution in [2.75, 3.05) is 12.1 Å². The largest absolute Gasteiger partial charge is 0.496 e. The van der Waals surface area contributed by atoms with Crippen LogP contribution in [-0.2, 0) is 4.79 Å². The first kappa shape index (κ1) is 19.1. The van der Waals surface area contributed by atoms with E-state index < -0.39 is 4.92 Å². The third-order valence-corrected chi connectivity index (χ3v) is 4.64. The van der Waals surface area contributed by atoms with Gasteiger partial charge >= 0.3 is 0 Å². The molecule has 1 aliphatic heterocycles. The van der Waals surface area contributed by atoms with Crippen molar-refractivity contribution in [3.05, 3.63) is 82.1 Å². The van der Waals surface area contributed by atoms with E-state index in [0.717, 1.165) is 0 Å². The normalized spacial score (nSPS) is 14.9. The zero-order valence-electron chi connectivity index (χ0n) is 16.2. The smallest absolute Gasteiger partial charge is 0.280 e. The fourth-order valence-electron chi connectivity index (χ4n) is 3.14. The molecule has 8 nitrogen and oxygen atoms in total. The second-order valence-electron chi connectivity index (χ2n) is 6.54. The van der Waals surface area contributed by atoms with Gasteiger partial charge in [0.15, 0.2) is 0 Å². The molecule has 0 aliphatic carbocycles. The van der Waals surface area contributed by atoms with Gasteiger partial charge in [-0.05, 0) is 43.3 Å². The van der Waals surface area contributed by atoms with Crippen LogP contribution in [0.1, 0.15) is 12.7 Å². The van der Waals surface area contributed by atoms with E-state index in [-0.39, 0.29) is 11.6 Å². The molecule has 3 aromatic rings. The molecular weight excluding hydrogens is 386 g/mol. The van der Waals surface area contributed by atoms with E-state index in [0.29, 0.717) is 39.8 Å². The predicted octanol–water partition coefficient (Wildman–Crippen LogP) is 4.67. The van der Waals surface area contributed by atoms with Crippen molar-refractivity contribution in [2.45, 2.75) is 6.92 Å². The summed E-state index contributed by atoms with van der Waals surface area (Å²) in [6, 6.07) is 16.9. The van der Waals surface area contributed by atoms with Crippen molar-refractivity contribution in [1.29, 1.82) is 0 Å². The van der Waals surface area contributed by atoms with Crippen molar-refractivity contribution in [3.8, 4) is 17.1 Å². The van der Waals surface area contributed by atoms with Crippen LogP contribution in [0.3, 0.4) is 0 Å². The van der Waals surface area contributed by atoms with E-state index >= 15 is 0 Å². The molecule has 0 unspecified atom stereocenters. The maximum Gasteiger partial charge on any atom is 0.280 e. The highest BCUT2D eigenvalue weighted by Crippen LogP contribution is 2.35. The Hall–Kier alpha value is -4.20. The van der Waals surface area contributed by atoms with Crippen LogP contribution in [0, 0.1) is 10.1 Å². The summed E-state index contributed by atoms with van der Waals surface area (Å²) >= 11 is 0. The Kier molecular flexibility index (Phi) is 4.89. The Morgan fingerprint density at radius 1 is 1.13 bits per heavy atom. The number of para-hydroxylation sites is 1. The Morgan fingerprint density at radius 2 is 1.90 bits per heavy atom. The molecule has 2 aromatic carbocycles. The highest BCUT2D eigenvalue weighted by molar-refractivity contribution is 6.32. The summed E-state index contributed by atoms with van der Waals surface area (Å²) in [4.78, 5) is 23.3. The van der Waals surface area contributed by atoms with Crippen LogP contribution in [0.25, 0.3) is 17.4 Å². The minimum Gasteiger partial charge on any atom is -0.496 e. The lowest BCUT2D eigenvalue weighted by atomic mass is 10.1. The maximum absolute atomic E-state index is 12.8. The molecule has 0 saturated carbocycles. The molecule has 4 rings (SSSR count). The number of carbonyl (C=O) groups excluding carboxylic acids is 1. The van der Waals surface area contributed by atoms with Gasteiger partial charge in [-0.1, -0.05) is 18.2 Å². The molecule has 2 heterocycles. The molecule has 0 saturated heterocycles. The minimum absolute atomic E-state index is 0.0751. The number of rotatable bonds is 5. The molecular formula is C22H17N3O5. The summed E-state index contributed by atoms with van der Waals surface area (Å²) in [5.41, 5.74) is 2.18. The summed E-state index contributed by atoms with van der Waals surface area (Å²) in [6.07, 6.45) is 1.63. The molecule has 0 bridgehead atoms. The Morgan fingerprint density at radius 3 is 2.60 bits per heavy atom. The van der Waals surface area contributed by atoms with E-state index in [1.54, 1.807) is 31.2 Å². The minimum atomic E-state index is -0.489. The van der Waals surface area contributed by atoms with Gasteiger partial charge in [0.25, 0.3) is 11.6 Å². The molecule has 0 atom stereocenters. The van der Waals surface area contributed by atoms with Gasteiger partial charge in [-0.25, -0.2) is 0 Å². The van der Waals surface area contributed by atoms with Crippen LogP contribution in [0.15, 0.2) is 75.8 Å². The van der Waals surface area contributed by atoms with Gasteiger partial charge in [0.2, 0.25) is 0 Å². The molecule has 0 fully saturated rings. The van der Waals surface area contributed by atoms with Crippen LogP contribution in [0.5, 0.6) is 5.75 Å². The van der Waals surface area contributed by atoms with Gasteiger partial charge < -0.3 is 9.15 Å². The quantitative estimate of drug-likeness (QED) is 0.350. The Bertz CT molecular complexity index is 1190. The second-order valence-corrected chi connectivity index (χ2v) is 6.54. The van der Waals surface area contributed by atoms with Gasteiger partial charge in [-0.15, -0.1) is 0 Å². The van der Waals surface area contributed by atoms with E-state index in [1.165, 1.54) is 24.3 Å². The van der Waals surface area contributed by atoms with Crippen LogP contribution in [0.2, 0.25) is 0 Å². The second kappa shape index (κ2) is 7.67. The number of amides is 1. The molecule has 0 spiro atoms. The van der Waals surface area contributed by atoms with Gasteiger partial charge in [-0.3, -0.25) is 14.9 Å². The average molecular weight is 403 g/mol. The van der Waals surface area contributed by atoms with E-state index in [2.05, 4.69) is 5.10 Å². The SMILES string of the molecule is COc1cc([N+](=O)[O-])ccc1-c1ccc(C=C2C(=O)N(c3ccccc3)N=C2C)o1. The topological polar surface area (TPSA) is 98.2 Å². The highest BCUT2D eigenvalue weighted by Gasteiger charge is 2.29. The number of methoxy groups -OCH3 is 1. The fourth-order valence-corrected chi connectivity index (χ4v) is 3.14. The van der Waals surface area contributed by atoms with Gasteiger partial charge in [-0.2, -0.15) is 10.1 Å². The lowest BCUT2D eigenvalue weighted by Crippen LogP contribution is -2.21. The number of anilines is 1. The number of hydrogen-bond acceptors (Lipinski definition) is 6. The van der Waals surface area contributed by atoms with E-state index in [4.69, 9.17) is 9.15 Å². The fraction of sp³-hybridized carbons (Fsp3) is 0.0909. The van der Waals surface area contributed by atoms with Crippen LogP contribution in [0.4, 0.5) is 11.4 Å². The van der Waals surface area contributed by atoms with Crippen molar-refractivity contribution in [3.63, 3.8) is 0 Å². The number of hydrogen-bond donors (Lipinski definition) is 0. The number of non-ortho nitro benzene ring substituents is 1. The Labute approximate surface area is 171 Å². The van der Waals surface area contributed by atoms with E-state index in [1.807, 2.05) is 30.3 Å². The lowest BCUT2D eigenvalue weighted by Gasteiger charge is -2.10. The van der Waals surface area contributed by atoms with E-state index in [9.17, 15) is 14.9 Å². The number of ether oxygens (including phenoxy) is 1. The molecule has 30 heavy (non-hydrogen) atoms. The van der Waals surface area contributed by atoms with Crippen LogP contribution >= 0.6 is 0 Å². The lowest BCUT2D eigenvalue weighted by molar-refractivity contribution is -0.384. The number of nitrogens with zero attached hydrogens (tertiary/aromatic N) is 3. The Balaban J connectivity index is 1.64. The molecule has 1 amide bonds. The zero-order chi connectivity index (χ0) is 21.3. The van der Waals surface area contributed by atoms with Gasteiger partial charge in [0.1, 0.15) is 17.3 Å². The van der Waals surface area contributed by atoms with Crippen molar-refractivity contribution < 1.29 is 18.9 Å². The molecule has 0 N–H and O–H groups in total. The highest BCUT2D eigenvalue weighted by atomic mass is 16.6. The number of furan rings is 1. The van der Waals surface area contributed by atoms with Crippen LogP contribution < -0.4 is 9.75 Å². The van der Waals surface area contributed by atoms with Crippen molar-refractivity contribution in [2.24, 2.45) is 5.10 Å². The van der Waals surface area contributed by atoms with Crippen molar-refractivity contribution >= 4 is 29.1 Å². The standard InChI is InChI=1S/C22H17N3O5/c1-14-19(22(26)24(23-14)15-6-4-3-5-7-15)13-17-9-11-20(30-17)18-10-8-16(25(27)28)12-21(18)29-2/h3-13H,1-2H3. The van der Waals surface area contributed by atoms with Gasteiger partial charge in [0.05, 0.1) is 40.6 Å². The molecule has 1 aliphatic rings. The van der Waals surface area contributed by atoms with Crippen molar-refractivity contribution in [1.82, 2.24) is 0 Å². The molecule has 1 aromatic heterocycles. The third-order valence-electron chi connectivity index (χ3n) is 4.64. The third kappa shape index (κ3) is 3.46. The summed E-state index contributed by atoms with van der Waals surface area (Å²) in [6.45, 7) is 1.76. The number of nitro groups is 1. The maximum atomic E-state index is 12.8. The number of benzene rings is 2. The summed E-state index contributed by atoms with van der Waals surface area (Å²) in [7, 11) is 1.43. The first-order chi connectivity index (χ1) is 14.5. The zero-order valence-corrected chi connectivity index (χ0v) is 16.2. The molecule has 0 radical (unpaired) electrons. The van der Waals surface area contributed by atoms with Gasteiger partial charge in [0, 0.05) is 6.07 Å². The molecule has 150 valence electrons.